The molecule has 0 spiro atoms. The third-order valence-electron chi connectivity index (χ3n) is 3.01. The Hall–Kier alpha value is -1.93. The maximum absolute atomic E-state index is 4.12. The minimum absolute atomic E-state index is 0.300. The van der Waals surface area contributed by atoms with E-state index in [4.69, 9.17) is 0 Å². The minimum Gasteiger partial charge on any atom is -0.306 e. The van der Waals surface area contributed by atoms with Gasteiger partial charge in [0.05, 0.1) is 0 Å². The Bertz CT molecular complexity index is 491. The summed E-state index contributed by atoms with van der Waals surface area (Å²) in [7, 11) is 0. The lowest BCUT2D eigenvalue weighted by Crippen LogP contribution is -2.20. The van der Waals surface area contributed by atoms with Crippen LogP contribution in [0.5, 0.6) is 0 Å². The number of benzene rings is 1. The fourth-order valence-corrected chi connectivity index (χ4v) is 1.82. The molecule has 1 heterocycles. The molecule has 0 unspecified atom stereocenters. The fourth-order valence-electron chi connectivity index (χ4n) is 1.82. The topological polar surface area (TPSA) is 24.9 Å². The van der Waals surface area contributed by atoms with Crippen LogP contribution < -0.4 is 5.32 Å². The van der Waals surface area contributed by atoms with Crippen LogP contribution in [0.1, 0.15) is 24.1 Å². The van der Waals surface area contributed by atoms with Crippen LogP contribution in [0.15, 0.2) is 61.4 Å². The van der Waals surface area contributed by atoms with Crippen LogP contribution in [0.2, 0.25) is 0 Å². The van der Waals surface area contributed by atoms with E-state index in [1.165, 1.54) is 11.1 Å². The van der Waals surface area contributed by atoms with E-state index in [2.05, 4.69) is 35.9 Å². The van der Waals surface area contributed by atoms with Gasteiger partial charge in [0.15, 0.2) is 0 Å². The van der Waals surface area contributed by atoms with Crippen LogP contribution in [0.4, 0.5) is 0 Å². The first kappa shape index (κ1) is 12.5. The molecule has 1 N–H and O–H groups in total. The third-order valence-corrected chi connectivity index (χ3v) is 3.01. The Morgan fingerprint density at radius 1 is 1.17 bits per heavy atom. The average Bonchev–Trinajstić information content (AvgIpc) is 2.46. The summed E-state index contributed by atoms with van der Waals surface area (Å²) in [5.74, 6) is 0. The highest BCUT2D eigenvalue weighted by Gasteiger charge is 2.05. The first-order valence-electron chi connectivity index (χ1n) is 6.14. The van der Waals surface area contributed by atoms with Crippen LogP contribution >= 0.6 is 0 Å². The average molecular weight is 238 g/mol. The lowest BCUT2D eigenvalue weighted by molar-refractivity contribution is 0.622. The van der Waals surface area contributed by atoms with E-state index in [9.17, 15) is 0 Å². The number of hydrogen-bond acceptors (Lipinski definition) is 2. The van der Waals surface area contributed by atoms with Crippen molar-refractivity contribution in [1.29, 1.82) is 0 Å². The van der Waals surface area contributed by atoms with Gasteiger partial charge >= 0.3 is 0 Å². The molecule has 2 rings (SSSR count). The molecule has 0 amide bonds. The summed E-state index contributed by atoms with van der Waals surface area (Å²) in [6.07, 6.45) is 3.64. The predicted octanol–water partition coefficient (Wildman–Crippen LogP) is 3.45. The standard InChI is InChI=1S/C16H18N2/c1-13(15-6-4-3-5-7-15)12-18-14(2)16-8-10-17-11-9-16/h3-11,14,18H,1,12H2,2H3/t14-/m1/s1. The van der Waals surface area contributed by atoms with E-state index in [0.29, 0.717) is 6.04 Å². The van der Waals surface area contributed by atoms with Gasteiger partial charge in [0, 0.05) is 25.0 Å². The van der Waals surface area contributed by atoms with Crippen LogP contribution in [0, 0.1) is 0 Å². The van der Waals surface area contributed by atoms with E-state index < -0.39 is 0 Å². The largest absolute Gasteiger partial charge is 0.306 e. The highest BCUT2D eigenvalue weighted by Crippen LogP contribution is 2.14. The van der Waals surface area contributed by atoms with Crippen molar-refractivity contribution in [1.82, 2.24) is 10.3 Å². The molecular formula is C16H18N2. The van der Waals surface area contributed by atoms with Gasteiger partial charge in [0.2, 0.25) is 0 Å². The molecule has 1 atom stereocenters. The SMILES string of the molecule is C=C(CN[C@H](C)c1ccncc1)c1ccccc1. The number of nitrogens with one attached hydrogen (secondary N) is 1. The summed E-state index contributed by atoms with van der Waals surface area (Å²) in [5, 5.41) is 3.47. The van der Waals surface area contributed by atoms with E-state index in [1.54, 1.807) is 0 Å². The molecule has 18 heavy (non-hydrogen) atoms. The van der Waals surface area contributed by atoms with Crippen molar-refractivity contribution in [3.63, 3.8) is 0 Å². The fraction of sp³-hybridized carbons (Fsp3) is 0.188. The van der Waals surface area contributed by atoms with E-state index >= 15 is 0 Å². The smallest absolute Gasteiger partial charge is 0.0296 e. The number of pyridine rings is 1. The van der Waals surface area contributed by atoms with Crippen molar-refractivity contribution in [2.45, 2.75) is 13.0 Å². The van der Waals surface area contributed by atoms with Crippen LogP contribution in [-0.2, 0) is 0 Å². The van der Waals surface area contributed by atoms with Gasteiger partial charge < -0.3 is 5.32 Å². The van der Waals surface area contributed by atoms with Gasteiger partial charge in [-0.25, -0.2) is 0 Å². The maximum Gasteiger partial charge on any atom is 0.0296 e. The summed E-state index contributed by atoms with van der Waals surface area (Å²) < 4.78 is 0. The second-order valence-electron chi connectivity index (χ2n) is 4.35. The molecule has 0 saturated heterocycles. The Balaban J connectivity index is 1.91. The molecule has 0 aliphatic rings. The minimum atomic E-state index is 0.300. The van der Waals surface area contributed by atoms with Gasteiger partial charge in [-0.15, -0.1) is 0 Å². The zero-order chi connectivity index (χ0) is 12.8. The molecular weight excluding hydrogens is 220 g/mol. The summed E-state index contributed by atoms with van der Waals surface area (Å²) in [6, 6.07) is 14.6. The predicted molar refractivity (Wildman–Crippen MR) is 76.1 cm³/mol. The molecule has 0 aliphatic carbocycles. The van der Waals surface area contributed by atoms with Crippen molar-refractivity contribution < 1.29 is 0 Å². The van der Waals surface area contributed by atoms with Gasteiger partial charge in [-0.05, 0) is 35.8 Å². The van der Waals surface area contributed by atoms with E-state index in [-0.39, 0.29) is 0 Å². The van der Waals surface area contributed by atoms with Crippen LogP contribution in [-0.4, -0.2) is 11.5 Å². The van der Waals surface area contributed by atoms with Crippen LogP contribution in [0.3, 0.4) is 0 Å². The normalized spacial score (nSPS) is 12.1. The molecule has 0 fully saturated rings. The quantitative estimate of drug-likeness (QED) is 0.863. The molecule has 1 aromatic heterocycles. The Morgan fingerprint density at radius 3 is 2.50 bits per heavy atom. The van der Waals surface area contributed by atoms with Gasteiger partial charge in [-0.1, -0.05) is 36.9 Å². The second kappa shape index (κ2) is 6.12. The number of hydrogen-bond donors (Lipinski definition) is 1. The number of rotatable bonds is 5. The lowest BCUT2D eigenvalue weighted by Gasteiger charge is -2.15. The highest BCUT2D eigenvalue weighted by molar-refractivity contribution is 5.64. The zero-order valence-corrected chi connectivity index (χ0v) is 10.6. The second-order valence-corrected chi connectivity index (χ2v) is 4.35. The third kappa shape index (κ3) is 3.28. The maximum atomic E-state index is 4.12. The van der Waals surface area contributed by atoms with Gasteiger partial charge in [0.25, 0.3) is 0 Å². The Kier molecular flexibility index (Phi) is 4.26. The first-order chi connectivity index (χ1) is 8.77. The van der Waals surface area contributed by atoms with Gasteiger partial charge in [0.1, 0.15) is 0 Å². The lowest BCUT2D eigenvalue weighted by atomic mass is 10.1. The van der Waals surface area contributed by atoms with Crippen molar-refractivity contribution in [3.8, 4) is 0 Å². The molecule has 92 valence electrons. The van der Waals surface area contributed by atoms with Crippen molar-refractivity contribution in [3.05, 3.63) is 72.6 Å². The van der Waals surface area contributed by atoms with E-state index in [1.807, 2.05) is 42.7 Å². The Labute approximate surface area is 108 Å². The zero-order valence-electron chi connectivity index (χ0n) is 10.6. The molecule has 0 radical (unpaired) electrons. The van der Waals surface area contributed by atoms with E-state index in [0.717, 1.165) is 12.1 Å². The first-order valence-corrected chi connectivity index (χ1v) is 6.14. The number of aromatic nitrogens is 1. The van der Waals surface area contributed by atoms with Gasteiger partial charge in [-0.3, -0.25) is 4.98 Å². The summed E-state index contributed by atoms with van der Waals surface area (Å²) in [5.41, 5.74) is 3.54. The molecule has 0 aliphatic heterocycles. The van der Waals surface area contributed by atoms with Crippen molar-refractivity contribution >= 4 is 5.57 Å². The summed E-state index contributed by atoms with van der Waals surface area (Å²) in [6.45, 7) is 7.05. The molecule has 2 heteroatoms. The van der Waals surface area contributed by atoms with Crippen molar-refractivity contribution in [2.24, 2.45) is 0 Å². The molecule has 1 aromatic carbocycles. The summed E-state index contributed by atoms with van der Waals surface area (Å²) in [4.78, 5) is 4.03. The number of nitrogens with zero attached hydrogens (tertiary/aromatic N) is 1. The molecule has 2 aromatic rings. The monoisotopic (exact) mass is 238 g/mol. The Morgan fingerprint density at radius 2 is 1.83 bits per heavy atom. The molecule has 0 saturated carbocycles. The van der Waals surface area contributed by atoms with Crippen molar-refractivity contribution in [2.75, 3.05) is 6.54 Å². The summed E-state index contributed by atoms with van der Waals surface area (Å²) >= 11 is 0. The molecule has 2 nitrogen and oxygen atoms in total. The molecule has 0 bridgehead atoms. The van der Waals surface area contributed by atoms with Crippen LogP contribution in [0.25, 0.3) is 5.57 Å². The highest BCUT2D eigenvalue weighted by atomic mass is 14.9. The van der Waals surface area contributed by atoms with Gasteiger partial charge in [-0.2, -0.15) is 0 Å².